The molecule has 0 bridgehead atoms. The second-order valence-electron chi connectivity index (χ2n) is 4.46. The molecule has 1 heterocycles. The van der Waals surface area contributed by atoms with Crippen molar-refractivity contribution >= 4 is 5.97 Å². The molecule has 0 spiro atoms. The molecule has 0 saturated carbocycles. The van der Waals surface area contributed by atoms with Crippen molar-refractivity contribution in [3.05, 3.63) is 11.8 Å². The van der Waals surface area contributed by atoms with Crippen LogP contribution in [0.4, 0.5) is 0 Å². The number of ether oxygens (including phenoxy) is 1. The van der Waals surface area contributed by atoms with Crippen molar-refractivity contribution in [3.63, 3.8) is 0 Å². The minimum atomic E-state index is -0.161. The van der Waals surface area contributed by atoms with Crippen molar-refractivity contribution < 1.29 is 9.53 Å². The van der Waals surface area contributed by atoms with Crippen LogP contribution >= 0.6 is 0 Å². The van der Waals surface area contributed by atoms with Gasteiger partial charge in [-0.1, -0.05) is 32.6 Å². The molecule has 92 valence electrons. The molecule has 0 radical (unpaired) electrons. The maximum absolute atomic E-state index is 11.3. The van der Waals surface area contributed by atoms with E-state index >= 15 is 0 Å². The third-order valence-corrected chi connectivity index (χ3v) is 2.78. The Morgan fingerprint density at radius 3 is 2.75 bits per heavy atom. The highest BCUT2D eigenvalue weighted by atomic mass is 16.5. The van der Waals surface area contributed by atoms with Gasteiger partial charge in [0, 0.05) is 19.2 Å². The summed E-state index contributed by atoms with van der Waals surface area (Å²) in [5.74, 6) is -0.161. The summed E-state index contributed by atoms with van der Waals surface area (Å²) >= 11 is 0. The molecular formula is C13H23NO2. The number of carbonyl (C=O) groups excluding carboxylic acids is 1. The Balaban J connectivity index is 2.06. The molecule has 0 amide bonds. The summed E-state index contributed by atoms with van der Waals surface area (Å²) in [7, 11) is 0. The maximum atomic E-state index is 11.3. The van der Waals surface area contributed by atoms with Gasteiger partial charge in [0.25, 0.3) is 0 Å². The molecule has 0 aromatic rings. The Morgan fingerprint density at radius 1 is 1.38 bits per heavy atom. The molecule has 1 aliphatic heterocycles. The van der Waals surface area contributed by atoms with E-state index in [1.807, 2.05) is 13.1 Å². The molecule has 1 unspecified atom stereocenters. The highest BCUT2D eigenvalue weighted by Crippen LogP contribution is 2.18. The summed E-state index contributed by atoms with van der Waals surface area (Å²) in [5, 5.41) is 3.19. The third kappa shape index (κ3) is 4.69. The van der Waals surface area contributed by atoms with Gasteiger partial charge in [-0.2, -0.15) is 0 Å². The molecule has 1 N–H and O–H groups in total. The first-order chi connectivity index (χ1) is 7.74. The van der Waals surface area contributed by atoms with Gasteiger partial charge < -0.3 is 10.1 Å². The smallest absolute Gasteiger partial charge is 0.335 e. The van der Waals surface area contributed by atoms with Gasteiger partial charge in [0.05, 0.1) is 5.57 Å². The van der Waals surface area contributed by atoms with E-state index < -0.39 is 0 Å². The van der Waals surface area contributed by atoms with E-state index in [-0.39, 0.29) is 12.1 Å². The van der Waals surface area contributed by atoms with Crippen LogP contribution in [0.5, 0.6) is 0 Å². The number of rotatable bonds is 7. The molecule has 1 rings (SSSR count). The quantitative estimate of drug-likeness (QED) is 0.411. The Kier molecular flexibility index (Phi) is 5.98. The lowest BCUT2D eigenvalue weighted by Crippen LogP contribution is -2.09. The average molecular weight is 225 g/mol. The van der Waals surface area contributed by atoms with Crippen molar-refractivity contribution in [1.82, 2.24) is 5.32 Å². The van der Waals surface area contributed by atoms with Gasteiger partial charge in [0.15, 0.2) is 0 Å². The van der Waals surface area contributed by atoms with Crippen molar-refractivity contribution in [2.75, 3.05) is 6.54 Å². The Labute approximate surface area is 98.2 Å². The number of nitrogens with one attached hydrogen (secondary N) is 1. The fraction of sp³-hybridized carbons (Fsp3) is 0.769. The number of cyclic esters (lactones) is 1. The zero-order valence-electron chi connectivity index (χ0n) is 10.4. The fourth-order valence-electron chi connectivity index (χ4n) is 1.84. The molecule has 3 nitrogen and oxygen atoms in total. The molecule has 16 heavy (non-hydrogen) atoms. The Bertz CT molecular complexity index is 248. The molecule has 0 aromatic heterocycles. The van der Waals surface area contributed by atoms with E-state index in [4.69, 9.17) is 4.74 Å². The van der Waals surface area contributed by atoms with Crippen molar-refractivity contribution in [3.8, 4) is 0 Å². The van der Waals surface area contributed by atoms with Crippen LogP contribution in [0.25, 0.3) is 0 Å². The number of unbranched alkanes of at least 4 members (excludes halogenated alkanes) is 4. The lowest BCUT2D eigenvalue weighted by molar-refractivity contribution is -0.138. The lowest BCUT2D eigenvalue weighted by Gasteiger charge is -2.01. The van der Waals surface area contributed by atoms with Gasteiger partial charge in [-0.05, 0) is 13.3 Å². The van der Waals surface area contributed by atoms with E-state index in [2.05, 4.69) is 12.2 Å². The molecule has 1 aliphatic rings. The van der Waals surface area contributed by atoms with Crippen molar-refractivity contribution in [2.24, 2.45) is 0 Å². The number of carbonyl (C=O) groups is 1. The fourth-order valence-corrected chi connectivity index (χ4v) is 1.84. The molecule has 0 aliphatic carbocycles. The summed E-state index contributed by atoms with van der Waals surface area (Å²) in [6.45, 7) is 5.09. The van der Waals surface area contributed by atoms with Crippen LogP contribution < -0.4 is 5.32 Å². The van der Waals surface area contributed by atoms with Crippen LogP contribution in [0.3, 0.4) is 0 Å². The summed E-state index contributed by atoms with van der Waals surface area (Å²) in [6, 6.07) is 0. The predicted octanol–water partition coefficient (Wildman–Crippen LogP) is 2.77. The second kappa shape index (κ2) is 7.31. The third-order valence-electron chi connectivity index (χ3n) is 2.78. The van der Waals surface area contributed by atoms with Crippen molar-refractivity contribution in [1.29, 1.82) is 0 Å². The van der Waals surface area contributed by atoms with Crippen LogP contribution in [0.2, 0.25) is 0 Å². The standard InChI is InChI=1S/C13H23NO2/c1-3-4-5-6-7-8-14-10-12-9-11(2)16-13(12)15/h10-11,14H,3-9H2,1-2H3/b12-10-. The molecule has 1 fully saturated rings. The molecular weight excluding hydrogens is 202 g/mol. The van der Waals surface area contributed by atoms with Gasteiger partial charge in [-0.25, -0.2) is 4.79 Å². The summed E-state index contributed by atoms with van der Waals surface area (Å²) in [5.41, 5.74) is 0.779. The topological polar surface area (TPSA) is 38.3 Å². The predicted molar refractivity (Wildman–Crippen MR) is 65.0 cm³/mol. The summed E-state index contributed by atoms with van der Waals surface area (Å²) in [6.07, 6.45) is 8.97. The number of hydrogen-bond donors (Lipinski definition) is 1. The monoisotopic (exact) mass is 225 g/mol. The summed E-state index contributed by atoms with van der Waals surface area (Å²) in [4.78, 5) is 11.3. The Hall–Kier alpha value is -0.990. The van der Waals surface area contributed by atoms with Crippen LogP contribution in [0.15, 0.2) is 11.8 Å². The van der Waals surface area contributed by atoms with E-state index in [1.54, 1.807) is 0 Å². The first-order valence-corrected chi connectivity index (χ1v) is 6.37. The van der Waals surface area contributed by atoms with E-state index in [1.165, 1.54) is 32.1 Å². The summed E-state index contributed by atoms with van der Waals surface area (Å²) < 4.78 is 5.04. The molecule has 0 aromatic carbocycles. The van der Waals surface area contributed by atoms with Crippen LogP contribution in [-0.4, -0.2) is 18.6 Å². The largest absolute Gasteiger partial charge is 0.459 e. The van der Waals surface area contributed by atoms with Crippen LogP contribution in [0, 0.1) is 0 Å². The van der Waals surface area contributed by atoms with E-state index in [9.17, 15) is 4.79 Å². The minimum absolute atomic E-state index is 0.0464. The molecule has 1 saturated heterocycles. The number of esters is 1. The van der Waals surface area contributed by atoms with Gasteiger partial charge in [0.2, 0.25) is 0 Å². The average Bonchev–Trinajstić information content (AvgIpc) is 2.56. The SMILES string of the molecule is CCCCCCCN/C=C1/CC(C)OC1=O. The normalized spacial score (nSPS) is 22.5. The van der Waals surface area contributed by atoms with Crippen LogP contribution in [0.1, 0.15) is 52.4 Å². The van der Waals surface area contributed by atoms with Crippen LogP contribution in [-0.2, 0) is 9.53 Å². The number of hydrogen-bond acceptors (Lipinski definition) is 3. The zero-order chi connectivity index (χ0) is 11.8. The lowest BCUT2D eigenvalue weighted by atomic mass is 10.1. The van der Waals surface area contributed by atoms with Gasteiger partial charge in [0.1, 0.15) is 6.10 Å². The molecule has 1 atom stereocenters. The second-order valence-corrected chi connectivity index (χ2v) is 4.46. The Morgan fingerprint density at radius 2 is 2.12 bits per heavy atom. The highest BCUT2D eigenvalue weighted by Gasteiger charge is 2.24. The highest BCUT2D eigenvalue weighted by molar-refractivity contribution is 5.90. The van der Waals surface area contributed by atoms with Gasteiger partial charge >= 0.3 is 5.97 Å². The maximum Gasteiger partial charge on any atom is 0.335 e. The molecule has 3 heteroatoms. The minimum Gasteiger partial charge on any atom is -0.459 e. The first kappa shape index (κ1) is 13.1. The van der Waals surface area contributed by atoms with Crippen molar-refractivity contribution in [2.45, 2.75) is 58.5 Å². The van der Waals surface area contributed by atoms with E-state index in [0.717, 1.165) is 18.5 Å². The zero-order valence-corrected chi connectivity index (χ0v) is 10.4. The first-order valence-electron chi connectivity index (χ1n) is 6.37. The van der Waals surface area contributed by atoms with Gasteiger partial charge in [-0.15, -0.1) is 0 Å². The van der Waals surface area contributed by atoms with Gasteiger partial charge in [-0.3, -0.25) is 0 Å². The van der Waals surface area contributed by atoms with E-state index in [0.29, 0.717) is 0 Å².